The van der Waals surface area contributed by atoms with E-state index in [1.165, 1.54) is 10.8 Å². The highest BCUT2D eigenvalue weighted by Gasteiger charge is 2.09. The van der Waals surface area contributed by atoms with Gasteiger partial charge in [-0.3, -0.25) is 4.79 Å². The Bertz CT molecular complexity index is 494. The van der Waals surface area contributed by atoms with Crippen LogP contribution < -0.4 is 5.56 Å². The van der Waals surface area contributed by atoms with Gasteiger partial charge in [0, 0.05) is 5.56 Å². The SMILES string of the molecule is CC(C)n1oc(-c2ccccc2)cc1=O. The zero-order valence-corrected chi connectivity index (χ0v) is 8.81. The van der Waals surface area contributed by atoms with Crippen LogP contribution >= 0.6 is 0 Å². The molecule has 0 aliphatic carbocycles. The third kappa shape index (κ3) is 1.86. The Morgan fingerprint density at radius 2 is 1.87 bits per heavy atom. The number of hydrogen-bond donors (Lipinski definition) is 0. The molecular formula is C12H13NO2. The van der Waals surface area contributed by atoms with E-state index in [1.807, 2.05) is 44.2 Å². The Balaban J connectivity index is 2.48. The van der Waals surface area contributed by atoms with E-state index in [0.717, 1.165) is 5.56 Å². The molecular weight excluding hydrogens is 190 g/mol. The first kappa shape index (κ1) is 9.77. The fraction of sp³-hybridized carbons (Fsp3) is 0.250. The smallest absolute Gasteiger partial charge is 0.283 e. The molecule has 0 saturated carbocycles. The Morgan fingerprint density at radius 3 is 2.40 bits per heavy atom. The lowest BCUT2D eigenvalue weighted by molar-refractivity contribution is 0.238. The number of nitrogens with zero attached hydrogens (tertiary/aromatic N) is 1. The zero-order valence-electron chi connectivity index (χ0n) is 8.81. The lowest BCUT2D eigenvalue weighted by atomic mass is 10.2. The molecule has 78 valence electrons. The predicted octanol–water partition coefficient (Wildman–Crippen LogP) is 2.69. The highest BCUT2D eigenvalue weighted by molar-refractivity contribution is 5.55. The predicted molar refractivity (Wildman–Crippen MR) is 58.8 cm³/mol. The van der Waals surface area contributed by atoms with Gasteiger partial charge in [-0.2, -0.15) is 4.74 Å². The van der Waals surface area contributed by atoms with Crippen molar-refractivity contribution in [1.82, 2.24) is 4.74 Å². The Kier molecular flexibility index (Phi) is 2.46. The molecule has 0 unspecified atom stereocenters. The quantitative estimate of drug-likeness (QED) is 0.752. The summed E-state index contributed by atoms with van der Waals surface area (Å²) in [4.78, 5) is 11.5. The van der Waals surface area contributed by atoms with E-state index in [4.69, 9.17) is 4.52 Å². The topological polar surface area (TPSA) is 35.1 Å². The van der Waals surface area contributed by atoms with Crippen molar-refractivity contribution in [3.05, 3.63) is 46.8 Å². The molecule has 0 atom stereocenters. The number of aromatic nitrogens is 1. The van der Waals surface area contributed by atoms with Crippen LogP contribution in [0.25, 0.3) is 11.3 Å². The average Bonchev–Trinajstić information content (AvgIpc) is 2.62. The van der Waals surface area contributed by atoms with Gasteiger partial charge in [-0.25, -0.2) is 0 Å². The second-order valence-corrected chi connectivity index (χ2v) is 3.72. The summed E-state index contributed by atoms with van der Waals surface area (Å²) in [6.45, 7) is 3.83. The van der Waals surface area contributed by atoms with Crippen LogP contribution in [0.3, 0.4) is 0 Å². The molecule has 1 aromatic heterocycles. The summed E-state index contributed by atoms with van der Waals surface area (Å²) in [6, 6.07) is 11.2. The van der Waals surface area contributed by atoms with Crippen molar-refractivity contribution in [2.45, 2.75) is 19.9 Å². The van der Waals surface area contributed by atoms with Crippen LogP contribution in [0.15, 0.2) is 45.7 Å². The molecule has 15 heavy (non-hydrogen) atoms. The third-order valence-electron chi connectivity index (χ3n) is 2.20. The monoisotopic (exact) mass is 203 g/mol. The summed E-state index contributed by atoms with van der Waals surface area (Å²) >= 11 is 0. The second kappa shape index (κ2) is 3.77. The van der Waals surface area contributed by atoms with E-state index in [2.05, 4.69) is 0 Å². The van der Waals surface area contributed by atoms with Crippen molar-refractivity contribution in [1.29, 1.82) is 0 Å². The van der Waals surface area contributed by atoms with Gasteiger partial charge in [-0.05, 0) is 13.8 Å². The molecule has 0 aliphatic heterocycles. The summed E-state index contributed by atoms with van der Waals surface area (Å²) < 4.78 is 6.84. The number of benzene rings is 1. The van der Waals surface area contributed by atoms with Crippen molar-refractivity contribution in [2.24, 2.45) is 0 Å². The van der Waals surface area contributed by atoms with Crippen molar-refractivity contribution >= 4 is 0 Å². The first-order valence-electron chi connectivity index (χ1n) is 4.97. The minimum atomic E-state index is -0.0937. The van der Waals surface area contributed by atoms with Gasteiger partial charge in [0.2, 0.25) is 0 Å². The highest BCUT2D eigenvalue weighted by Crippen LogP contribution is 2.18. The van der Waals surface area contributed by atoms with Crippen molar-refractivity contribution < 1.29 is 4.52 Å². The minimum Gasteiger partial charge on any atom is -0.376 e. The van der Waals surface area contributed by atoms with Crippen LogP contribution in [0.5, 0.6) is 0 Å². The molecule has 2 aromatic rings. The summed E-state index contributed by atoms with van der Waals surface area (Å²) in [6.07, 6.45) is 0. The van der Waals surface area contributed by atoms with Crippen LogP contribution in [0.2, 0.25) is 0 Å². The van der Waals surface area contributed by atoms with Gasteiger partial charge in [0.15, 0.2) is 5.76 Å². The molecule has 1 heterocycles. The van der Waals surface area contributed by atoms with Gasteiger partial charge in [0.25, 0.3) is 5.56 Å². The molecule has 3 heteroatoms. The largest absolute Gasteiger partial charge is 0.376 e. The minimum absolute atomic E-state index is 0.0509. The summed E-state index contributed by atoms with van der Waals surface area (Å²) in [7, 11) is 0. The summed E-state index contributed by atoms with van der Waals surface area (Å²) in [5.41, 5.74) is 0.831. The maximum atomic E-state index is 11.5. The van der Waals surface area contributed by atoms with Crippen LogP contribution in [-0.2, 0) is 0 Å². The zero-order chi connectivity index (χ0) is 10.8. The Morgan fingerprint density at radius 1 is 1.20 bits per heavy atom. The van der Waals surface area contributed by atoms with E-state index in [1.54, 1.807) is 0 Å². The summed E-state index contributed by atoms with van der Waals surface area (Å²) in [5, 5.41) is 0. The summed E-state index contributed by atoms with van der Waals surface area (Å²) in [5.74, 6) is 0.620. The van der Waals surface area contributed by atoms with Gasteiger partial charge in [0.1, 0.15) is 0 Å². The Hall–Kier alpha value is -1.77. The lowest BCUT2D eigenvalue weighted by Gasteiger charge is -2.02. The van der Waals surface area contributed by atoms with Gasteiger partial charge >= 0.3 is 0 Å². The molecule has 0 N–H and O–H groups in total. The van der Waals surface area contributed by atoms with Crippen molar-refractivity contribution in [2.75, 3.05) is 0 Å². The molecule has 1 aromatic carbocycles. The van der Waals surface area contributed by atoms with Gasteiger partial charge in [-0.1, -0.05) is 30.3 Å². The van der Waals surface area contributed by atoms with E-state index < -0.39 is 0 Å². The second-order valence-electron chi connectivity index (χ2n) is 3.72. The lowest BCUT2D eigenvalue weighted by Crippen LogP contribution is -2.14. The first-order chi connectivity index (χ1) is 7.18. The Labute approximate surface area is 87.9 Å². The standard InChI is InChI=1S/C12H13NO2/c1-9(2)13-12(14)8-11(15-13)10-6-4-3-5-7-10/h3-9H,1-2H3. The molecule has 0 fully saturated rings. The molecule has 0 bridgehead atoms. The molecule has 0 spiro atoms. The molecule has 0 radical (unpaired) electrons. The normalized spacial score (nSPS) is 10.9. The van der Waals surface area contributed by atoms with Gasteiger partial charge < -0.3 is 4.52 Å². The van der Waals surface area contributed by atoms with Crippen LogP contribution in [0.1, 0.15) is 19.9 Å². The van der Waals surface area contributed by atoms with Crippen LogP contribution in [0, 0.1) is 0 Å². The average molecular weight is 203 g/mol. The van der Waals surface area contributed by atoms with Crippen LogP contribution in [0.4, 0.5) is 0 Å². The number of rotatable bonds is 2. The van der Waals surface area contributed by atoms with Gasteiger partial charge in [0.05, 0.1) is 12.1 Å². The molecule has 0 amide bonds. The molecule has 0 aliphatic rings. The maximum Gasteiger partial charge on any atom is 0.283 e. The fourth-order valence-corrected chi connectivity index (χ4v) is 1.45. The highest BCUT2D eigenvalue weighted by atomic mass is 16.5. The fourth-order valence-electron chi connectivity index (χ4n) is 1.45. The van der Waals surface area contributed by atoms with E-state index in [-0.39, 0.29) is 11.6 Å². The van der Waals surface area contributed by atoms with E-state index in [9.17, 15) is 4.79 Å². The van der Waals surface area contributed by atoms with Crippen LogP contribution in [-0.4, -0.2) is 4.74 Å². The van der Waals surface area contributed by atoms with E-state index >= 15 is 0 Å². The third-order valence-corrected chi connectivity index (χ3v) is 2.20. The maximum absolute atomic E-state index is 11.5. The molecule has 3 nitrogen and oxygen atoms in total. The molecule has 0 saturated heterocycles. The molecule has 2 rings (SSSR count). The first-order valence-corrected chi connectivity index (χ1v) is 4.97. The van der Waals surface area contributed by atoms with Gasteiger partial charge in [-0.15, -0.1) is 0 Å². The van der Waals surface area contributed by atoms with Crippen molar-refractivity contribution in [3.63, 3.8) is 0 Å². The number of hydrogen-bond acceptors (Lipinski definition) is 2. The van der Waals surface area contributed by atoms with E-state index in [0.29, 0.717) is 5.76 Å². The van der Waals surface area contributed by atoms with Crippen molar-refractivity contribution in [3.8, 4) is 11.3 Å².